The van der Waals surface area contributed by atoms with Crippen LogP contribution in [0, 0.1) is 0 Å². The Kier molecular flexibility index (Phi) is 9.00. The molecule has 0 radical (unpaired) electrons. The molecule has 0 aliphatic carbocycles. The standard InChI is InChI=1S/C24H28ClN3O3S/c1-32-16-13-21(27-23(30)19-9-5-6-10-20(19)25)24(31)28-14-11-18(12-15-28)26-22(29)17-7-3-2-4-8-17/h2-10,18,21H,11-16H2,1H3,(H,26,29)(H,27,30)/t21-/m0/s1. The van der Waals surface area contributed by atoms with Gasteiger partial charge in [-0.2, -0.15) is 11.8 Å². The third kappa shape index (κ3) is 6.50. The van der Waals surface area contributed by atoms with E-state index in [2.05, 4.69) is 10.6 Å². The normalized spacial score (nSPS) is 15.1. The van der Waals surface area contributed by atoms with Crippen molar-refractivity contribution in [3.63, 3.8) is 0 Å². The summed E-state index contributed by atoms with van der Waals surface area (Å²) >= 11 is 7.77. The largest absolute Gasteiger partial charge is 0.349 e. The Hall–Kier alpha value is -2.51. The molecule has 1 aliphatic heterocycles. The molecule has 1 atom stereocenters. The Morgan fingerprint density at radius 2 is 1.69 bits per heavy atom. The van der Waals surface area contributed by atoms with Crippen molar-refractivity contribution in [2.45, 2.75) is 31.3 Å². The average molecular weight is 474 g/mol. The second kappa shape index (κ2) is 11.9. The van der Waals surface area contributed by atoms with Crippen LogP contribution in [0.3, 0.4) is 0 Å². The number of likely N-dealkylation sites (tertiary alicyclic amines) is 1. The van der Waals surface area contributed by atoms with Gasteiger partial charge in [0.25, 0.3) is 11.8 Å². The Balaban J connectivity index is 1.57. The van der Waals surface area contributed by atoms with E-state index in [1.54, 1.807) is 53.1 Å². The molecule has 0 saturated carbocycles. The van der Waals surface area contributed by atoms with E-state index in [0.29, 0.717) is 48.5 Å². The van der Waals surface area contributed by atoms with E-state index in [1.807, 2.05) is 24.5 Å². The molecule has 0 bridgehead atoms. The molecule has 1 aliphatic rings. The molecule has 170 valence electrons. The van der Waals surface area contributed by atoms with E-state index in [-0.39, 0.29) is 23.8 Å². The fourth-order valence-corrected chi connectivity index (χ4v) is 4.39. The van der Waals surface area contributed by atoms with Gasteiger partial charge in [0, 0.05) is 24.7 Å². The van der Waals surface area contributed by atoms with Crippen molar-refractivity contribution in [1.29, 1.82) is 0 Å². The number of piperidine rings is 1. The first-order chi connectivity index (χ1) is 15.5. The maximum Gasteiger partial charge on any atom is 0.253 e. The van der Waals surface area contributed by atoms with Gasteiger partial charge in [-0.3, -0.25) is 14.4 Å². The van der Waals surface area contributed by atoms with Crippen LogP contribution in [0.15, 0.2) is 54.6 Å². The molecule has 2 N–H and O–H groups in total. The number of hydrogen-bond acceptors (Lipinski definition) is 4. The van der Waals surface area contributed by atoms with Crippen LogP contribution in [0.25, 0.3) is 0 Å². The highest BCUT2D eigenvalue weighted by Crippen LogP contribution is 2.17. The van der Waals surface area contributed by atoms with Crippen molar-refractivity contribution < 1.29 is 14.4 Å². The molecule has 1 saturated heterocycles. The molecule has 1 fully saturated rings. The summed E-state index contributed by atoms with van der Waals surface area (Å²) in [6.45, 7) is 1.08. The smallest absolute Gasteiger partial charge is 0.253 e. The van der Waals surface area contributed by atoms with Crippen LogP contribution in [-0.2, 0) is 4.79 Å². The van der Waals surface area contributed by atoms with Gasteiger partial charge in [0.05, 0.1) is 10.6 Å². The second-order valence-corrected chi connectivity index (χ2v) is 9.12. The molecule has 0 unspecified atom stereocenters. The van der Waals surface area contributed by atoms with E-state index in [9.17, 15) is 14.4 Å². The second-order valence-electron chi connectivity index (χ2n) is 7.73. The third-order valence-electron chi connectivity index (χ3n) is 5.51. The van der Waals surface area contributed by atoms with Crippen LogP contribution < -0.4 is 10.6 Å². The minimum Gasteiger partial charge on any atom is -0.349 e. The quantitative estimate of drug-likeness (QED) is 0.613. The van der Waals surface area contributed by atoms with Crippen molar-refractivity contribution >= 4 is 41.1 Å². The highest BCUT2D eigenvalue weighted by Gasteiger charge is 2.30. The zero-order valence-corrected chi connectivity index (χ0v) is 19.6. The SMILES string of the molecule is CSCC[C@H](NC(=O)c1ccccc1Cl)C(=O)N1CCC(NC(=O)c2ccccc2)CC1. The number of nitrogens with one attached hydrogen (secondary N) is 2. The molecule has 2 aromatic carbocycles. The first kappa shape index (κ1) is 24.1. The van der Waals surface area contributed by atoms with Gasteiger partial charge in [-0.05, 0) is 55.5 Å². The average Bonchev–Trinajstić information content (AvgIpc) is 2.82. The van der Waals surface area contributed by atoms with Gasteiger partial charge < -0.3 is 15.5 Å². The molecule has 8 heteroatoms. The molecule has 3 rings (SSSR count). The van der Waals surface area contributed by atoms with Crippen molar-refractivity contribution in [1.82, 2.24) is 15.5 Å². The molecular weight excluding hydrogens is 446 g/mol. The topological polar surface area (TPSA) is 78.5 Å². The van der Waals surface area contributed by atoms with Gasteiger partial charge in [0.15, 0.2) is 0 Å². The number of hydrogen-bond donors (Lipinski definition) is 2. The lowest BCUT2D eigenvalue weighted by Crippen LogP contribution is -2.53. The molecule has 2 aromatic rings. The summed E-state index contributed by atoms with van der Waals surface area (Å²) in [5.41, 5.74) is 0.990. The highest BCUT2D eigenvalue weighted by molar-refractivity contribution is 7.98. The fourth-order valence-electron chi connectivity index (χ4n) is 3.70. The van der Waals surface area contributed by atoms with Crippen LogP contribution in [0.1, 0.15) is 40.0 Å². The van der Waals surface area contributed by atoms with Gasteiger partial charge in [-0.15, -0.1) is 0 Å². The van der Waals surface area contributed by atoms with Crippen LogP contribution >= 0.6 is 23.4 Å². The van der Waals surface area contributed by atoms with Crippen molar-refractivity contribution in [2.75, 3.05) is 25.1 Å². The molecule has 3 amide bonds. The van der Waals surface area contributed by atoms with Gasteiger partial charge in [-0.25, -0.2) is 0 Å². The summed E-state index contributed by atoms with van der Waals surface area (Å²) in [7, 11) is 0. The predicted molar refractivity (Wildman–Crippen MR) is 129 cm³/mol. The van der Waals surface area contributed by atoms with Gasteiger partial charge >= 0.3 is 0 Å². The lowest BCUT2D eigenvalue weighted by atomic mass is 10.0. The molecule has 32 heavy (non-hydrogen) atoms. The van der Waals surface area contributed by atoms with E-state index < -0.39 is 6.04 Å². The Morgan fingerprint density at radius 3 is 2.34 bits per heavy atom. The van der Waals surface area contributed by atoms with E-state index in [4.69, 9.17) is 11.6 Å². The fraction of sp³-hybridized carbons (Fsp3) is 0.375. The van der Waals surface area contributed by atoms with Crippen LogP contribution in [0.4, 0.5) is 0 Å². The molecular formula is C24H28ClN3O3S. The maximum atomic E-state index is 13.2. The van der Waals surface area contributed by atoms with Gasteiger partial charge in [0.1, 0.15) is 6.04 Å². The molecule has 6 nitrogen and oxygen atoms in total. The number of amides is 3. The number of rotatable bonds is 8. The lowest BCUT2D eigenvalue weighted by Gasteiger charge is -2.34. The number of benzene rings is 2. The third-order valence-corrected chi connectivity index (χ3v) is 6.48. The first-order valence-electron chi connectivity index (χ1n) is 10.7. The monoisotopic (exact) mass is 473 g/mol. The van der Waals surface area contributed by atoms with Crippen LogP contribution in [-0.4, -0.2) is 59.8 Å². The van der Waals surface area contributed by atoms with E-state index >= 15 is 0 Å². The zero-order valence-electron chi connectivity index (χ0n) is 18.1. The summed E-state index contributed by atoms with van der Waals surface area (Å²) in [6, 6.07) is 15.3. The lowest BCUT2D eigenvalue weighted by molar-refractivity contribution is -0.134. The minimum atomic E-state index is -0.610. The summed E-state index contributed by atoms with van der Waals surface area (Å²) in [6.07, 6.45) is 3.87. The minimum absolute atomic E-state index is 0.0223. The first-order valence-corrected chi connectivity index (χ1v) is 12.5. The zero-order chi connectivity index (χ0) is 22.9. The van der Waals surface area contributed by atoms with Gasteiger partial charge in [0.2, 0.25) is 5.91 Å². The number of carbonyl (C=O) groups excluding carboxylic acids is 3. The number of thioether (sulfide) groups is 1. The molecule has 1 heterocycles. The van der Waals surface area contributed by atoms with Crippen LogP contribution in [0.5, 0.6) is 0 Å². The number of nitrogens with zero attached hydrogens (tertiary/aromatic N) is 1. The number of halogens is 1. The van der Waals surface area contributed by atoms with Crippen molar-refractivity contribution in [3.8, 4) is 0 Å². The maximum absolute atomic E-state index is 13.2. The Labute approximate surface area is 198 Å². The van der Waals surface area contributed by atoms with Crippen molar-refractivity contribution in [3.05, 3.63) is 70.7 Å². The Morgan fingerprint density at radius 1 is 1.03 bits per heavy atom. The summed E-state index contributed by atoms with van der Waals surface area (Å²) in [5.74, 6) is 0.218. The predicted octanol–water partition coefficient (Wildman–Crippen LogP) is 3.61. The Bertz CT molecular complexity index is 933. The van der Waals surface area contributed by atoms with E-state index in [0.717, 1.165) is 5.75 Å². The molecule has 0 aromatic heterocycles. The van der Waals surface area contributed by atoms with Crippen molar-refractivity contribution in [2.24, 2.45) is 0 Å². The summed E-state index contributed by atoms with van der Waals surface area (Å²) < 4.78 is 0. The van der Waals surface area contributed by atoms with Gasteiger partial charge in [-0.1, -0.05) is 41.9 Å². The summed E-state index contributed by atoms with van der Waals surface area (Å²) in [5, 5.41) is 6.28. The summed E-state index contributed by atoms with van der Waals surface area (Å²) in [4.78, 5) is 40.1. The van der Waals surface area contributed by atoms with Crippen LogP contribution in [0.2, 0.25) is 5.02 Å². The molecule has 0 spiro atoms. The number of carbonyl (C=O) groups is 3. The highest BCUT2D eigenvalue weighted by atomic mass is 35.5. The van der Waals surface area contributed by atoms with E-state index in [1.165, 1.54) is 0 Å².